The van der Waals surface area contributed by atoms with Crippen LogP contribution in [0.2, 0.25) is 0 Å². The van der Waals surface area contributed by atoms with Gasteiger partial charge in [-0.15, -0.1) is 11.6 Å². The molecule has 0 radical (unpaired) electrons. The lowest BCUT2D eigenvalue weighted by Crippen LogP contribution is -2.20. The first-order valence-corrected chi connectivity index (χ1v) is 6.28. The van der Waals surface area contributed by atoms with Crippen LogP contribution in [-0.2, 0) is 0 Å². The van der Waals surface area contributed by atoms with Crippen molar-refractivity contribution in [3.8, 4) is 5.75 Å². The van der Waals surface area contributed by atoms with Gasteiger partial charge < -0.3 is 4.74 Å². The van der Waals surface area contributed by atoms with Gasteiger partial charge in [0.2, 0.25) is 0 Å². The first kappa shape index (κ1) is 10.4. The highest BCUT2D eigenvalue weighted by atomic mass is 35.5. The summed E-state index contributed by atoms with van der Waals surface area (Å²) >= 11 is 6.20. The zero-order valence-electron chi connectivity index (χ0n) is 8.96. The SMILES string of the molecule is Fc1cccc2c1C1CCCC(Cl)CC1O2. The molecule has 86 valence electrons. The number of benzene rings is 1. The quantitative estimate of drug-likeness (QED) is 0.626. The highest BCUT2D eigenvalue weighted by Gasteiger charge is 2.38. The normalized spacial score (nSPS) is 32.5. The number of hydrogen-bond donors (Lipinski definition) is 0. The third-order valence-electron chi connectivity index (χ3n) is 3.63. The van der Waals surface area contributed by atoms with Gasteiger partial charge in [-0.25, -0.2) is 4.39 Å². The van der Waals surface area contributed by atoms with Crippen molar-refractivity contribution >= 4 is 11.6 Å². The van der Waals surface area contributed by atoms with E-state index in [1.54, 1.807) is 6.07 Å². The Balaban J connectivity index is 1.98. The minimum atomic E-state index is -0.127. The molecule has 16 heavy (non-hydrogen) atoms. The average molecular weight is 241 g/mol. The van der Waals surface area contributed by atoms with Crippen molar-refractivity contribution in [3.05, 3.63) is 29.6 Å². The molecular weight excluding hydrogens is 227 g/mol. The topological polar surface area (TPSA) is 9.23 Å². The number of ether oxygens (including phenoxy) is 1. The van der Waals surface area contributed by atoms with E-state index in [4.69, 9.17) is 16.3 Å². The molecule has 0 aromatic heterocycles. The molecule has 3 unspecified atom stereocenters. The predicted molar refractivity (Wildman–Crippen MR) is 61.7 cm³/mol. The molecule has 0 spiro atoms. The van der Waals surface area contributed by atoms with Gasteiger partial charge in [0.15, 0.2) is 0 Å². The maximum atomic E-state index is 13.8. The van der Waals surface area contributed by atoms with Crippen LogP contribution in [-0.4, -0.2) is 11.5 Å². The number of hydrogen-bond acceptors (Lipinski definition) is 1. The van der Waals surface area contributed by atoms with Gasteiger partial charge in [-0.1, -0.05) is 12.5 Å². The molecule has 1 aromatic rings. The molecule has 1 heterocycles. The van der Waals surface area contributed by atoms with Crippen molar-refractivity contribution < 1.29 is 9.13 Å². The Kier molecular flexibility index (Phi) is 2.55. The van der Waals surface area contributed by atoms with Crippen molar-refractivity contribution in [2.75, 3.05) is 0 Å². The van der Waals surface area contributed by atoms with E-state index in [1.165, 1.54) is 6.07 Å². The fourth-order valence-electron chi connectivity index (χ4n) is 2.88. The van der Waals surface area contributed by atoms with Gasteiger partial charge in [0.25, 0.3) is 0 Å². The number of rotatable bonds is 0. The largest absolute Gasteiger partial charge is 0.489 e. The zero-order valence-corrected chi connectivity index (χ0v) is 9.71. The predicted octanol–water partition coefficient (Wildman–Crippen LogP) is 3.85. The van der Waals surface area contributed by atoms with E-state index in [9.17, 15) is 4.39 Å². The molecule has 1 fully saturated rings. The fourth-order valence-corrected chi connectivity index (χ4v) is 3.21. The summed E-state index contributed by atoms with van der Waals surface area (Å²) in [4.78, 5) is 0. The average Bonchev–Trinajstić information content (AvgIpc) is 2.48. The van der Waals surface area contributed by atoms with Gasteiger partial charge >= 0.3 is 0 Å². The van der Waals surface area contributed by atoms with Crippen LogP contribution in [0.5, 0.6) is 5.75 Å². The summed E-state index contributed by atoms with van der Waals surface area (Å²) < 4.78 is 19.6. The zero-order chi connectivity index (χ0) is 11.1. The van der Waals surface area contributed by atoms with Crippen LogP contribution < -0.4 is 4.74 Å². The van der Waals surface area contributed by atoms with E-state index in [0.717, 1.165) is 37.0 Å². The Labute approximate surface area is 99.6 Å². The molecule has 0 amide bonds. The summed E-state index contributed by atoms with van der Waals surface area (Å²) in [6.45, 7) is 0. The molecule has 3 heteroatoms. The molecule has 3 rings (SSSR count). The molecule has 3 atom stereocenters. The second kappa shape index (κ2) is 3.92. The molecule has 1 aliphatic heterocycles. The molecule has 1 aliphatic carbocycles. The van der Waals surface area contributed by atoms with E-state index < -0.39 is 0 Å². The van der Waals surface area contributed by atoms with Crippen molar-refractivity contribution in [2.45, 2.75) is 43.1 Å². The molecular formula is C13H14ClFO. The second-order valence-electron chi connectivity index (χ2n) is 4.68. The number of fused-ring (bicyclic) bond motifs is 3. The molecule has 1 aromatic carbocycles. The Morgan fingerprint density at radius 3 is 3.06 bits per heavy atom. The molecule has 1 saturated carbocycles. The lowest BCUT2D eigenvalue weighted by atomic mass is 9.91. The van der Waals surface area contributed by atoms with Gasteiger partial charge in [0.05, 0.1) is 0 Å². The van der Waals surface area contributed by atoms with Crippen LogP contribution in [0.3, 0.4) is 0 Å². The monoisotopic (exact) mass is 240 g/mol. The van der Waals surface area contributed by atoms with Crippen LogP contribution in [0.25, 0.3) is 0 Å². The smallest absolute Gasteiger partial charge is 0.130 e. The minimum absolute atomic E-state index is 0.0805. The van der Waals surface area contributed by atoms with E-state index in [2.05, 4.69) is 0 Å². The Morgan fingerprint density at radius 1 is 1.31 bits per heavy atom. The number of halogens is 2. The van der Waals surface area contributed by atoms with Gasteiger partial charge in [0.1, 0.15) is 17.7 Å². The van der Waals surface area contributed by atoms with Crippen molar-refractivity contribution in [1.82, 2.24) is 0 Å². The second-order valence-corrected chi connectivity index (χ2v) is 5.30. The summed E-state index contributed by atoms with van der Waals surface area (Å²) in [5.41, 5.74) is 0.776. The standard InChI is InChI=1S/C13H14ClFO/c14-8-3-1-4-9-12(7-8)16-11-6-2-5-10(15)13(9)11/h2,5-6,8-9,12H,1,3-4,7H2. The van der Waals surface area contributed by atoms with E-state index in [0.29, 0.717) is 0 Å². The maximum Gasteiger partial charge on any atom is 0.130 e. The van der Waals surface area contributed by atoms with E-state index in [1.807, 2.05) is 6.07 Å². The van der Waals surface area contributed by atoms with Gasteiger partial charge in [0, 0.05) is 23.3 Å². The minimum Gasteiger partial charge on any atom is -0.489 e. The summed E-state index contributed by atoms with van der Waals surface area (Å²) in [6, 6.07) is 5.08. The lowest BCUT2D eigenvalue weighted by Gasteiger charge is -2.16. The van der Waals surface area contributed by atoms with Crippen molar-refractivity contribution in [3.63, 3.8) is 0 Å². The third-order valence-corrected chi connectivity index (χ3v) is 4.03. The summed E-state index contributed by atoms with van der Waals surface area (Å²) in [6.07, 6.45) is 3.98. The third kappa shape index (κ3) is 1.60. The Bertz CT molecular complexity index is 407. The van der Waals surface area contributed by atoms with Crippen LogP contribution in [0.1, 0.15) is 37.2 Å². The van der Waals surface area contributed by atoms with E-state index >= 15 is 0 Å². The van der Waals surface area contributed by atoms with Crippen LogP contribution >= 0.6 is 11.6 Å². The number of alkyl halides is 1. The fraction of sp³-hybridized carbons (Fsp3) is 0.538. The first-order chi connectivity index (χ1) is 7.75. The first-order valence-electron chi connectivity index (χ1n) is 5.85. The molecule has 0 N–H and O–H groups in total. The summed E-state index contributed by atoms with van der Waals surface area (Å²) in [5, 5.41) is 0.173. The Hall–Kier alpha value is -0.760. The highest BCUT2D eigenvalue weighted by Crippen LogP contribution is 2.46. The van der Waals surface area contributed by atoms with Crippen molar-refractivity contribution in [2.24, 2.45) is 0 Å². The summed E-state index contributed by atoms with van der Waals surface area (Å²) in [7, 11) is 0. The highest BCUT2D eigenvalue weighted by molar-refractivity contribution is 6.20. The van der Waals surface area contributed by atoms with Gasteiger partial charge in [-0.3, -0.25) is 0 Å². The summed E-state index contributed by atoms with van der Waals surface area (Å²) in [5.74, 6) is 0.804. The van der Waals surface area contributed by atoms with Crippen LogP contribution in [0, 0.1) is 5.82 Å². The molecule has 2 aliphatic rings. The van der Waals surface area contributed by atoms with Gasteiger partial charge in [-0.05, 0) is 25.0 Å². The molecule has 0 bridgehead atoms. The molecule has 0 saturated heterocycles. The maximum absolute atomic E-state index is 13.8. The Morgan fingerprint density at radius 2 is 2.19 bits per heavy atom. The molecule has 1 nitrogen and oxygen atoms in total. The van der Waals surface area contributed by atoms with Crippen molar-refractivity contribution in [1.29, 1.82) is 0 Å². The van der Waals surface area contributed by atoms with E-state index in [-0.39, 0.29) is 23.2 Å². The van der Waals surface area contributed by atoms with Gasteiger partial charge in [-0.2, -0.15) is 0 Å². The lowest BCUT2D eigenvalue weighted by molar-refractivity contribution is 0.197. The van der Waals surface area contributed by atoms with Crippen LogP contribution in [0.15, 0.2) is 18.2 Å². The van der Waals surface area contributed by atoms with Crippen LogP contribution in [0.4, 0.5) is 4.39 Å².